The topological polar surface area (TPSA) is 17.1 Å². The van der Waals surface area contributed by atoms with Gasteiger partial charge in [0.1, 0.15) is 0 Å². The van der Waals surface area contributed by atoms with Crippen molar-refractivity contribution >= 4 is 16.8 Å². The van der Waals surface area contributed by atoms with Crippen molar-refractivity contribution in [3.8, 4) is 0 Å². The van der Waals surface area contributed by atoms with E-state index >= 15 is 0 Å². The lowest BCUT2D eigenvalue weighted by atomic mass is 10.0. The van der Waals surface area contributed by atoms with Crippen LogP contribution in [0.25, 0.3) is 0 Å². The summed E-state index contributed by atoms with van der Waals surface area (Å²) in [6.07, 6.45) is 4.08. The highest BCUT2D eigenvalue weighted by Crippen LogP contribution is 2.14. The highest BCUT2D eigenvalue weighted by molar-refractivity contribution is 6.63. The maximum Gasteiger partial charge on any atom is 0.224 e. The molecule has 0 saturated carbocycles. The van der Waals surface area contributed by atoms with Crippen molar-refractivity contribution in [3.05, 3.63) is 0 Å². The van der Waals surface area contributed by atoms with Gasteiger partial charge in [-0.25, -0.2) is 0 Å². The predicted molar refractivity (Wildman–Crippen MR) is 44.2 cm³/mol. The van der Waals surface area contributed by atoms with Crippen LogP contribution in [0.2, 0.25) is 0 Å². The number of halogens is 1. The van der Waals surface area contributed by atoms with Gasteiger partial charge in [-0.2, -0.15) is 0 Å². The second-order valence-corrected chi connectivity index (χ2v) is 2.92. The van der Waals surface area contributed by atoms with Crippen LogP contribution >= 0.6 is 11.6 Å². The summed E-state index contributed by atoms with van der Waals surface area (Å²) < 4.78 is 0. The molecule has 10 heavy (non-hydrogen) atoms. The van der Waals surface area contributed by atoms with Gasteiger partial charge in [0.25, 0.3) is 0 Å². The molecule has 2 heteroatoms. The molecule has 0 aliphatic carbocycles. The lowest BCUT2D eigenvalue weighted by molar-refractivity contribution is -0.115. The molecule has 0 bridgehead atoms. The molecule has 0 heterocycles. The Morgan fingerprint density at radius 3 is 2.40 bits per heavy atom. The molecule has 1 nitrogen and oxygen atoms in total. The van der Waals surface area contributed by atoms with Crippen molar-refractivity contribution in [2.75, 3.05) is 0 Å². The van der Waals surface area contributed by atoms with Gasteiger partial charge in [-0.3, -0.25) is 4.79 Å². The quantitative estimate of drug-likeness (QED) is 0.568. The van der Waals surface area contributed by atoms with Crippen LogP contribution < -0.4 is 0 Å². The fourth-order valence-electron chi connectivity index (χ4n) is 0.929. The van der Waals surface area contributed by atoms with Crippen LogP contribution in [-0.2, 0) is 4.79 Å². The van der Waals surface area contributed by atoms with Crippen molar-refractivity contribution in [1.29, 1.82) is 0 Å². The number of unbranched alkanes of at least 4 members (excludes halogenated alkanes) is 1. The zero-order chi connectivity index (χ0) is 7.98. The molecular weight excluding hydrogens is 148 g/mol. The molecule has 0 aromatic carbocycles. The first-order valence-corrected chi connectivity index (χ1v) is 4.29. The fraction of sp³-hybridized carbons (Fsp3) is 0.875. The van der Waals surface area contributed by atoms with Gasteiger partial charge in [-0.05, 0) is 24.4 Å². The van der Waals surface area contributed by atoms with E-state index in [1.807, 2.05) is 6.92 Å². The fourth-order valence-corrected chi connectivity index (χ4v) is 1.19. The average molecular weight is 163 g/mol. The van der Waals surface area contributed by atoms with Gasteiger partial charge < -0.3 is 0 Å². The molecule has 0 unspecified atom stereocenters. The maximum atomic E-state index is 10.6. The van der Waals surface area contributed by atoms with Gasteiger partial charge in [-0.15, -0.1) is 0 Å². The van der Waals surface area contributed by atoms with Crippen LogP contribution in [-0.4, -0.2) is 5.24 Å². The number of carbonyl (C=O) groups excluding carboxylic acids is 1. The molecule has 60 valence electrons. The molecule has 0 amide bonds. The Kier molecular flexibility index (Phi) is 5.70. The predicted octanol–water partition coefficient (Wildman–Crippen LogP) is 2.97. The zero-order valence-electron chi connectivity index (χ0n) is 6.69. The Hall–Kier alpha value is -0.0400. The SMILES string of the molecule is CCCC[C@H](CC)C(=O)Cl. The number of carbonyl (C=O) groups is 1. The van der Waals surface area contributed by atoms with Gasteiger partial charge in [-0.1, -0.05) is 26.7 Å². The molecule has 0 fully saturated rings. The second kappa shape index (κ2) is 5.72. The third-order valence-corrected chi connectivity index (χ3v) is 2.03. The van der Waals surface area contributed by atoms with E-state index in [1.165, 1.54) is 0 Å². The monoisotopic (exact) mass is 162 g/mol. The van der Waals surface area contributed by atoms with Crippen LogP contribution in [0.5, 0.6) is 0 Å². The minimum absolute atomic E-state index is 0.0987. The Balaban J connectivity index is 3.50. The molecule has 0 rings (SSSR count). The molecule has 0 saturated heterocycles. The summed E-state index contributed by atoms with van der Waals surface area (Å²) in [5, 5.41) is -0.170. The van der Waals surface area contributed by atoms with Crippen molar-refractivity contribution in [1.82, 2.24) is 0 Å². The van der Waals surface area contributed by atoms with E-state index in [-0.39, 0.29) is 11.2 Å². The van der Waals surface area contributed by atoms with Crippen LogP contribution in [0.3, 0.4) is 0 Å². The highest BCUT2D eigenvalue weighted by atomic mass is 35.5. The van der Waals surface area contributed by atoms with E-state index in [0.29, 0.717) is 0 Å². The first-order chi connectivity index (χ1) is 4.72. The first-order valence-electron chi connectivity index (χ1n) is 3.91. The standard InChI is InChI=1S/C8H15ClO/c1-3-5-6-7(4-2)8(9)10/h7H,3-6H2,1-2H3/t7-/m0/s1. The molecule has 0 aromatic rings. The lowest BCUT2D eigenvalue weighted by Crippen LogP contribution is -2.06. The Labute approximate surface area is 67.8 Å². The van der Waals surface area contributed by atoms with Crippen molar-refractivity contribution < 1.29 is 4.79 Å². The molecule has 0 N–H and O–H groups in total. The van der Waals surface area contributed by atoms with E-state index in [0.717, 1.165) is 25.7 Å². The molecule has 0 spiro atoms. The summed E-state index contributed by atoms with van der Waals surface area (Å²) in [5.41, 5.74) is 0. The zero-order valence-corrected chi connectivity index (χ0v) is 7.45. The third kappa shape index (κ3) is 3.89. The summed E-state index contributed by atoms with van der Waals surface area (Å²) in [4.78, 5) is 10.6. The minimum atomic E-state index is -0.170. The van der Waals surface area contributed by atoms with E-state index in [1.54, 1.807) is 0 Å². The van der Waals surface area contributed by atoms with Gasteiger partial charge in [0.05, 0.1) is 0 Å². The van der Waals surface area contributed by atoms with Gasteiger partial charge in [0, 0.05) is 5.92 Å². The maximum absolute atomic E-state index is 10.6. The molecule has 0 aliphatic rings. The number of rotatable bonds is 5. The molecule has 0 radical (unpaired) electrons. The number of hydrogen-bond acceptors (Lipinski definition) is 1. The van der Waals surface area contributed by atoms with Crippen LogP contribution in [0.15, 0.2) is 0 Å². The van der Waals surface area contributed by atoms with Crippen LogP contribution in [0.1, 0.15) is 39.5 Å². The summed E-state index contributed by atoms with van der Waals surface area (Å²) in [6, 6.07) is 0. The minimum Gasteiger partial charge on any atom is -0.281 e. The van der Waals surface area contributed by atoms with E-state index in [4.69, 9.17) is 11.6 Å². The largest absolute Gasteiger partial charge is 0.281 e. The summed E-state index contributed by atoms with van der Waals surface area (Å²) in [7, 11) is 0. The summed E-state index contributed by atoms with van der Waals surface area (Å²) in [5.74, 6) is 0.0987. The van der Waals surface area contributed by atoms with Crippen LogP contribution in [0, 0.1) is 5.92 Å². The van der Waals surface area contributed by atoms with Gasteiger partial charge in [0.2, 0.25) is 5.24 Å². The Bertz CT molecular complexity index is 101. The second-order valence-electron chi connectivity index (χ2n) is 2.55. The Morgan fingerprint density at radius 2 is 2.10 bits per heavy atom. The van der Waals surface area contributed by atoms with E-state index in [2.05, 4.69) is 6.92 Å². The van der Waals surface area contributed by atoms with E-state index < -0.39 is 0 Å². The van der Waals surface area contributed by atoms with Crippen molar-refractivity contribution in [2.24, 2.45) is 5.92 Å². The summed E-state index contributed by atoms with van der Waals surface area (Å²) >= 11 is 5.34. The van der Waals surface area contributed by atoms with Gasteiger partial charge >= 0.3 is 0 Å². The molecule has 0 aliphatic heterocycles. The first kappa shape index (κ1) is 9.96. The summed E-state index contributed by atoms with van der Waals surface area (Å²) in [6.45, 7) is 4.12. The molecular formula is C8H15ClO. The Morgan fingerprint density at radius 1 is 1.50 bits per heavy atom. The van der Waals surface area contributed by atoms with Crippen molar-refractivity contribution in [3.63, 3.8) is 0 Å². The van der Waals surface area contributed by atoms with Crippen molar-refractivity contribution in [2.45, 2.75) is 39.5 Å². The smallest absolute Gasteiger partial charge is 0.224 e. The normalized spacial score (nSPS) is 13.1. The number of hydrogen-bond donors (Lipinski definition) is 0. The lowest BCUT2D eigenvalue weighted by Gasteiger charge is -2.06. The average Bonchev–Trinajstić information content (AvgIpc) is 1.89. The molecule has 0 aromatic heterocycles. The van der Waals surface area contributed by atoms with Crippen LogP contribution in [0.4, 0.5) is 0 Å². The molecule has 1 atom stereocenters. The highest BCUT2D eigenvalue weighted by Gasteiger charge is 2.11. The van der Waals surface area contributed by atoms with Gasteiger partial charge in [0.15, 0.2) is 0 Å². The third-order valence-electron chi connectivity index (χ3n) is 1.72. The van der Waals surface area contributed by atoms with E-state index in [9.17, 15) is 4.79 Å².